The monoisotopic (exact) mass is 179 g/mol. The van der Waals surface area contributed by atoms with E-state index in [0.717, 1.165) is 12.8 Å². The van der Waals surface area contributed by atoms with Gasteiger partial charge >= 0.3 is 0 Å². The molecule has 0 aromatic carbocycles. The van der Waals surface area contributed by atoms with Crippen LogP contribution in [0.25, 0.3) is 0 Å². The highest BCUT2D eigenvalue weighted by atomic mass is 16.1. The average Bonchev–Trinajstić information content (AvgIpc) is 2.74. The highest BCUT2D eigenvalue weighted by Crippen LogP contribution is 2.17. The third-order valence-corrected chi connectivity index (χ3v) is 2.45. The number of amides is 1. The van der Waals surface area contributed by atoms with Crippen molar-refractivity contribution in [2.45, 2.75) is 31.7 Å². The lowest BCUT2D eigenvalue weighted by atomic mass is 10.2. The third kappa shape index (κ3) is 1.88. The van der Waals surface area contributed by atoms with Crippen LogP contribution in [0.1, 0.15) is 36.0 Å². The Hall–Kier alpha value is -1.32. The van der Waals surface area contributed by atoms with Crippen LogP contribution in [-0.4, -0.2) is 22.1 Å². The van der Waals surface area contributed by atoms with Crippen LogP contribution in [-0.2, 0) is 0 Å². The lowest BCUT2D eigenvalue weighted by Gasteiger charge is -2.09. The normalized spacial score (nSPS) is 17.5. The van der Waals surface area contributed by atoms with E-state index in [-0.39, 0.29) is 5.91 Å². The van der Waals surface area contributed by atoms with Crippen molar-refractivity contribution in [2.75, 3.05) is 0 Å². The number of carbonyl (C=O) groups excluding carboxylic acids is 1. The number of nitrogens with one attached hydrogen (secondary N) is 2. The molecule has 0 saturated heterocycles. The van der Waals surface area contributed by atoms with Crippen molar-refractivity contribution in [3.05, 3.63) is 18.0 Å². The van der Waals surface area contributed by atoms with Gasteiger partial charge < -0.3 is 5.32 Å². The molecule has 70 valence electrons. The molecule has 4 nitrogen and oxygen atoms in total. The van der Waals surface area contributed by atoms with Gasteiger partial charge in [-0.05, 0) is 12.8 Å². The number of aromatic amines is 1. The highest BCUT2D eigenvalue weighted by molar-refractivity contribution is 5.93. The Labute approximate surface area is 76.7 Å². The predicted octanol–water partition coefficient (Wildman–Crippen LogP) is 1.08. The van der Waals surface area contributed by atoms with Crippen molar-refractivity contribution in [2.24, 2.45) is 0 Å². The Morgan fingerprint density at radius 2 is 2.31 bits per heavy atom. The summed E-state index contributed by atoms with van der Waals surface area (Å²) in [6, 6.07) is 0.377. The zero-order chi connectivity index (χ0) is 9.10. The van der Waals surface area contributed by atoms with Gasteiger partial charge in [0.25, 0.3) is 5.91 Å². The second-order valence-electron chi connectivity index (χ2n) is 3.44. The molecule has 1 heterocycles. The lowest BCUT2D eigenvalue weighted by Crippen LogP contribution is -2.32. The maximum absolute atomic E-state index is 11.5. The third-order valence-electron chi connectivity index (χ3n) is 2.45. The van der Waals surface area contributed by atoms with Gasteiger partial charge in [-0.3, -0.25) is 9.89 Å². The first-order chi connectivity index (χ1) is 6.36. The average molecular weight is 179 g/mol. The van der Waals surface area contributed by atoms with Crippen LogP contribution >= 0.6 is 0 Å². The van der Waals surface area contributed by atoms with Crippen molar-refractivity contribution in [3.63, 3.8) is 0 Å². The van der Waals surface area contributed by atoms with E-state index in [0.29, 0.717) is 11.6 Å². The summed E-state index contributed by atoms with van der Waals surface area (Å²) >= 11 is 0. The lowest BCUT2D eigenvalue weighted by molar-refractivity contribution is 0.0938. The van der Waals surface area contributed by atoms with E-state index in [1.807, 2.05) is 0 Å². The van der Waals surface area contributed by atoms with Gasteiger partial charge in [-0.2, -0.15) is 5.10 Å². The summed E-state index contributed by atoms with van der Waals surface area (Å²) in [6.45, 7) is 0. The van der Waals surface area contributed by atoms with Crippen molar-refractivity contribution in [1.82, 2.24) is 15.5 Å². The highest BCUT2D eigenvalue weighted by Gasteiger charge is 2.17. The zero-order valence-corrected chi connectivity index (χ0v) is 7.42. The van der Waals surface area contributed by atoms with Crippen molar-refractivity contribution >= 4 is 5.91 Å². The number of nitrogens with zero attached hydrogens (tertiary/aromatic N) is 1. The molecule has 0 spiro atoms. The minimum atomic E-state index is -0.0133. The van der Waals surface area contributed by atoms with Crippen LogP contribution in [0, 0.1) is 0 Å². The topological polar surface area (TPSA) is 57.8 Å². The summed E-state index contributed by atoms with van der Waals surface area (Å²) in [4.78, 5) is 11.5. The van der Waals surface area contributed by atoms with Crippen molar-refractivity contribution in [1.29, 1.82) is 0 Å². The van der Waals surface area contributed by atoms with Crippen LogP contribution in [0.5, 0.6) is 0 Å². The smallest absolute Gasteiger partial charge is 0.254 e. The molecule has 0 aliphatic heterocycles. The molecule has 4 heteroatoms. The Kier molecular flexibility index (Phi) is 2.29. The summed E-state index contributed by atoms with van der Waals surface area (Å²) in [5, 5.41) is 9.34. The summed E-state index contributed by atoms with van der Waals surface area (Å²) < 4.78 is 0. The van der Waals surface area contributed by atoms with Crippen LogP contribution in [0.3, 0.4) is 0 Å². The molecule has 1 aromatic heterocycles. The first-order valence-electron chi connectivity index (χ1n) is 4.66. The van der Waals surface area contributed by atoms with E-state index >= 15 is 0 Å². The van der Waals surface area contributed by atoms with E-state index in [1.165, 1.54) is 12.8 Å². The van der Waals surface area contributed by atoms with Gasteiger partial charge in [0.05, 0.1) is 11.8 Å². The van der Waals surface area contributed by atoms with Gasteiger partial charge in [-0.25, -0.2) is 0 Å². The molecule has 0 radical (unpaired) electrons. The van der Waals surface area contributed by atoms with Crippen LogP contribution in [0.2, 0.25) is 0 Å². The molecule has 1 saturated carbocycles. The van der Waals surface area contributed by atoms with Crippen LogP contribution in [0.15, 0.2) is 12.4 Å². The molecule has 1 fully saturated rings. The number of carbonyl (C=O) groups is 1. The van der Waals surface area contributed by atoms with E-state index in [1.54, 1.807) is 12.4 Å². The number of hydrogen-bond donors (Lipinski definition) is 2. The quantitative estimate of drug-likeness (QED) is 0.713. The Bertz CT molecular complexity index is 275. The Balaban J connectivity index is 1.91. The van der Waals surface area contributed by atoms with Crippen LogP contribution in [0.4, 0.5) is 0 Å². The van der Waals surface area contributed by atoms with Gasteiger partial charge in [-0.1, -0.05) is 12.8 Å². The van der Waals surface area contributed by atoms with E-state index < -0.39 is 0 Å². The minimum Gasteiger partial charge on any atom is -0.349 e. The fourth-order valence-electron chi connectivity index (χ4n) is 1.71. The fraction of sp³-hybridized carbons (Fsp3) is 0.556. The number of aromatic nitrogens is 2. The Morgan fingerprint density at radius 3 is 2.92 bits per heavy atom. The molecular weight excluding hydrogens is 166 g/mol. The fourth-order valence-corrected chi connectivity index (χ4v) is 1.71. The maximum Gasteiger partial charge on any atom is 0.254 e. The molecule has 1 aromatic rings. The Morgan fingerprint density at radius 1 is 1.54 bits per heavy atom. The van der Waals surface area contributed by atoms with Crippen molar-refractivity contribution in [3.8, 4) is 0 Å². The maximum atomic E-state index is 11.5. The standard InChI is InChI=1S/C9H13N3O/c13-9(7-5-10-11-6-7)12-8-3-1-2-4-8/h5-6,8H,1-4H2,(H,10,11)(H,12,13). The number of rotatable bonds is 2. The molecule has 1 aliphatic carbocycles. The zero-order valence-electron chi connectivity index (χ0n) is 7.42. The number of hydrogen-bond acceptors (Lipinski definition) is 2. The van der Waals surface area contributed by atoms with Gasteiger partial charge in [0.2, 0.25) is 0 Å². The summed E-state index contributed by atoms with van der Waals surface area (Å²) in [5.74, 6) is -0.0133. The SMILES string of the molecule is O=C(NC1CCCC1)c1cn[nH]c1. The molecule has 0 atom stereocenters. The molecular formula is C9H13N3O. The molecule has 1 aliphatic rings. The van der Waals surface area contributed by atoms with Gasteiger partial charge in [0, 0.05) is 12.2 Å². The van der Waals surface area contributed by atoms with E-state index in [4.69, 9.17) is 0 Å². The minimum absolute atomic E-state index is 0.0133. The molecule has 0 bridgehead atoms. The first kappa shape index (κ1) is 8.29. The second-order valence-corrected chi connectivity index (χ2v) is 3.44. The number of H-pyrrole nitrogens is 1. The predicted molar refractivity (Wildman–Crippen MR) is 48.3 cm³/mol. The first-order valence-corrected chi connectivity index (χ1v) is 4.66. The summed E-state index contributed by atoms with van der Waals surface area (Å²) in [6.07, 6.45) is 7.86. The molecule has 1 amide bonds. The molecule has 2 N–H and O–H groups in total. The van der Waals surface area contributed by atoms with Crippen molar-refractivity contribution < 1.29 is 4.79 Å². The van der Waals surface area contributed by atoms with E-state index in [9.17, 15) is 4.79 Å². The summed E-state index contributed by atoms with van der Waals surface area (Å²) in [7, 11) is 0. The van der Waals surface area contributed by atoms with Gasteiger partial charge in [-0.15, -0.1) is 0 Å². The van der Waals surface area contributed by atoms with Gasteiger partial charge in [0.1, 0.15) is 0 Å². The van der Waals surface area contributed by atoms with E-state index in [2.05, 4.69) is 15.5 Å². The van der Waals surface area contributed by atoms with Gasteiger partial charge in [0.15, 0.2) is 0 Å². The molecule has 13 heavy (non-hydrogen) atoms. The molecule has 0 unspecified atom stereocenters. The van der Waals surface area contributed by atoms with Crippen LogP contribution < -0.4 is 5.32 Å². The largest absolute Gasteiger partial charge is 0.349 e. The summed E-state index contributed by atoms with van der Waals surface area (Å²) in [5.41, 5.74) is 0.618. The second kappa shape index (κ2) is 3.60. The molecule has 2 rings (SSSR count).